The molecule has 2 amide bonds. The Morgan fingerprint density at radius 1 is 1.25 bits per heavy atom. The monoisotopic (exact) mass is 276 g/mol. The Morgan fingerprint density at radius 2 is 1.90 bits per heavy atom. The van der Waals surface area contributed by atoms with Crippen molar-refractivity contribution in [2.75, 3.05) is 18.4 Å². The van der Waals surface area contributed by atoms with E-state index in [0.717, 1.165) is 24.6 Å². The van der Waals surface area contributed by atoms with Crippen LogP contribution in [0.3, 0.4) is 0 Å². The number of hydrogen-bond acceptors (Lipinski definition) is 2. The Bertz CT molecular complexity index is 480. The van der Waals surface area contributed by atoms with E-state index < -0.39 is 5.97 Å². The molecule has 0 radical (unpaired) electrons. The second-order valence-electron chi connectivity index (χ2n) is 4.30. The largest absolute Gasteiger partial charge is 0.478 e. The van der Waals surface area contributed by atoms with Crippen molar-refractivity contribution in [2.45, 2.75) is 20.3 Å². The molecule has 0 aliphatic carbocycles. The zero-order chi connectivity index (χ0) is 15.0. The van der Waals surface area contributed by atoms with Gasteiger partial charge in [-0.05, 0) is 37.1 Å². The first-order chi connectivity index (χ1) is 9.56. The molecule has 108 valence electrons. The van der Waals surface area contributed by atoms with Crippen LogP contribution in [0.1, 0.15) is 25.8 Å². The summed E-state index contributed by atoms with van der Waals surface area (Å²) in [5.41, 5.74) is 1.46. The highest BCUT2D eigenvalue weighted by Gasteiger charge is 2.09. The lowest BCUT2D eigenvalue weighted by Gasteiger charge is -2.20. The van der Waals surface area contributed by atoms with Crippen molar-refractivity contribution in [1.82, 2.24) is 4.90 Å². The lowest BCUT2D eigenvalue weighted by atomic mass is 10.2. The van der Waals surface area contributed by atoms with E-state index >= 15 is 0 Å². The van der Waals surface area contributed by atoms with Crippen LogP contribution in [0.25, 0.3) is 6.08 Å². The van der Waals surface area contributed by atoms with Crippen LogP contribution in [-0.4, -0.2) is 35.1 Å². The minimum absolute atomic E-state index is 0.122. The van der Waals surface area contributed by atoms with Crippen LogP contribution in [0.15, 0.2) is 30.3 Å². The maximum Gasteiger partial charge on any atom is 0.328 e. The summed E-state index contributed by atoms with van der Waals surface area (Å²) in [6.45, 7) is 5.36. The molecule has 0 fully saturated rings. The number of hydrogen-bond donors (Lipinski definition) is 2. The smallest absolute Gasteiger partial charge is 0.328 e. The molecule has 0 saturated heterocycles. The van der Waals surface area contributed by atoms with Gasteiger partial charge in [-0.25, -0.2) is 9.59 Å². The number of nitrogens with zero attached hydrogens (tertiary/aromatic N) is 1. The summed E-state index contributed by atoms with van der Waals surface area (Å²) in [5.74, 6) is -0.986. The van der Waals surface area contributed by atoms with Gasteiger partial charge in [-0.3, -0.25) is 0 Å². The fourth-order valence-corrected chi connectivity index (χ4v) is 1.72. The third-order valence-electron chi connectivity index (χ3n) is 2.74. The molecule has 2 N–H and O–H groups in total. The van der Waals surface area contributed by atoms with Crippen LogP contribution < -0.4 is 5.32 Å². The summed E-state index contributed by atoms with van der Waals surface area (Å²) in [5, 5.41) is 11.4. The molecule has 0 atom stereocenters. The van der Waals surface area contributed by atoms with Crippen molar-refractivity contribution in [3.05, 3.63) is 35.9 Å². The van der Waals surface area contributed by atoms with Gasteiger partial charge in [0, 0.05) is 24.9 Å². The number of carbonyl (C=O) groups is 2. The average Bonchev–Trinajstić information content (AvgIpc) is 2.43. The van der Waals surface area contributed by atoms with Gasteiger partial charge in [-0.2, -0.15) is 0 Å². The van der Waals surface area contributed by atoms with Gasteiger partial charge in [0.2, 0.25) is 0 Å². The number of carboxylic acid groups (broad SMARTS) is 1. The first-order valence-corrected chi connectivity index (χ1v) is 6.63. The third kappa shape index (κ3) is 5.14. The summed E-state index contributed by atoms with van der Waals surface area (Å²) in [6, 6.07) is 6.89. The molecule has 0 aliphatic rings. The van der Waals surface area contributed by atoms with Crippen molar-refractivity contribution in [3.8, 4) is 0 Å². The van der Waals surface area contributed by atoms with E-state index in [2.05, 4.69) is 5.32 Å². The summed E-state index contributed by atoms with van der Waals surface area (Å²) in [7, 11) is 0. The number of rotatable bonds is 6. The number of urea groups is 1. The maximum atomic E-state index is 12.0. The molecule has 1 aromatic rings. The molecular formula is C15H20N2O3. The fourth-order valence-electron chi connectivity index (χ4n) is 1.72. The van der Waals surface area contributed by atoms with E-state index in [1.165, 1.54) is 6.08 Å². The molecule has 0 unspecified atom stereocenters. The number of benzene rings is 1. The SMILES string of the molecule is CCCN(CC)C(=O)Nc1ccc(C=CC(=O)O)cc1. The topological polar surface area (TPSA) is 69.6 Å². The zero-order valence-corrected chi connectivity index (χ0v) is 11.8. The Morgan fingerprint density at radius 3 is 2.40 bits per heavy atom. The molecule has 0 heterocycles. The molecule has 0 saturated carbocycles. The number of amides is 2. The fraction of sp³-hybridized carbons (Fsp3) is 0.333. The van der Waals surface area contributed by atoms with Crippen molar-refractivity contribution < 1.29 is 14.7 Å². The summed E-state index contributed by atoms with van der Waals surface area (Å²) in [6.07, 6.45) is 3.50. The van der Waals surface area contributed by atoms with E-state index in [4.69, 9.17) is 5.11 Å². The lowest BCUT2D eigenvalue weighted by molar-refractivity contribution is -0.131. The second-order valence-corrected chi connectivity index (χ2v) is 4.30. The number of anilines is 1. The average molecular weight is 276 g/mol. The third-order valence-corrected chi connectivity index (χ3v) is 2.74. The van der Waals surface area contributed by atoms with E-state index in [-0.39, 0.29) is 6.03 Å². The van der Waals surface area contributed by atoms with E-state index in [0.29, 0.717) is 12.2 Å². The van der Waals surface area contributed by atoms with Gasteiger partial charge in [0.25, 0.3) is 0 Å². The normalized spacial score (nSPS) is 10.5. The molecule has 1 aromatic carbocycles. The molecule has 5 heteroatoms. The van der Waals surface area contributed by atoms with Gasteiger partial charge in [-0.1, -0.05) is 19.1 Å². The Labute approximate surface area is 118 Å². The molecule has 0 aromatic heterocycles. The molecule has 20 heavy (non-hydrogen) atoms. The first kappa shape index (κ1) is 15.8. The predicted molar refractivity (Wildman–Crippen MR) is 79.7 cm³/mol. The predicted octanol–water partition coefficient (Wildman–Crippen LogP) is 3.05. The highest BCUT2D eigenvalue weighted by molar-refractivity contribution is 5.89. The minimum atomic E-state index is -0.986. The molecular weight excluding hydrogens is 256 g/mol. The Hall–Kier alpha value is -2.30. The zero-order valence-electron chi connectivity index (χ0n) is 11.8. The van der Waals surface area contributed by atoms with Crippen LogP contribution in [-0.2, 0) is 4.79 Å². The van der Waals surface area contributed by atoms with Crippen molar-refractivity contribution in [3.63, 3.8) is 0 Å². The van der Waals surface area contributed by atoms with Gasteiger partial charge in [-0.15, -0.1) is 0 Å². The number of carboxylic acids is 1. The lowest BCUT2D eigenvalue weighted by Crippen LogP contribution is -2.35. The van der Waals surface area contributed by atoms with E-state index in [9.17, 15) is 9.59 Å². The summed E-state index contributed by atoms with van der Waals surface area (Å²) >= 11 is 0. The highest BCUT2D eigenvalue weighted by Crippen LogP contribution is 2.11. The van der Waals surface area contributed by atoms with Crippen LogP contribution in [0, 0.1) is 0 Å². The quantitative estimate of drug-likeness (QED) is 0.784. The standard InChI is InChI=1S/C15H20N2O3/c1-3-11-17(4-2)15(20)16-13-8-5-12(6-9-13)7-10-14(18)19/h5-10H,3-4,11H2,1-2H3,(H,16,20)(H,18,19). The summed E-state index contributed by atoms with van der Waals surface area (Å²) in [4.78, 5) is 24.1. The van der Waals surface area contributed by atoms with Crippen molar-refractivity contribution >= 4 is 23.8 Å². The molecule has 0 spiro atoms. The Balaban J connectivity index is 2.65. The second kappa shape index (κ2) is 7.99. The summed E-state index contributed by atoms with van der Waals surface area (Å²) < 4.78 is 0. The van der Waals surface area contributed by atoms with Crippen LogP contribution in [0.2, 0.25) is 0 Å². The van der Waals surface area contributed by atoms with Crippen molar-refractivity contribution in [1.29, 1.82) is 0 Å². The van der Waals surface area contributed by atoms with Gasteiger partial charge >= 0.3 is 12.0 Å². The van der Waals surface area contributed by atoms with Gasteiger partial charge in [0.1, 0.15) is 0 Å². The maximum absolute atomic E-state index is 12.0. The number of aliphatic carboxylic acids is 1. The van der Waals surface area contributed by atoms with Gasteiger partial charge in [0.15, 0.2) is 0 Å². The van der Waals surface area contributed by atoms with Crippen LogP contribution in [0.4, 0.5) is 10.5 Å². The Kier molecular flexibility index (Phi) is 6.29. The molecule has 0 aliphatic heterocycles. The minimum Gasteiger partial charge on any atom is -0.478 e. The van der Waals surface area contributed by atoms with E-state index in [1.807, 2.05) is 13.8 Å². The number of carbonyl (C=O) groups excluding carboxylic acids is 1. The van der Waals surface area contributed by atoms with Crippen LogP contribution in [0.5, 0.6) is 0 Å². The van der Waals surface area contributed by atoms with Crippen molar-refractivity contribution in [2.24, 2.45) is 0 Å². The van der Waals surface area contributed by atoms with Gasteiger partial charge in [0.05, 0.1) is 0 Å². The first-order valence-electron chi connectivity index (χ1n) is 6.63. The highest BCUT2D eigenvalue weighted by atomic mass is 16.4. The van der Waals surface area contributed by atoms with Gasteiger partial charge < -0.3 is 15.3 Å². The van der Waals surface area contributed by atoms with E-state index in [1.54, 1.807) is 29.2 Å². The van der Waals surface area contributed by atoms with Crippen LogP contribution >= 0.6 is 0 Å². The molecule has 0 bridgehead atoms. The molecule has 1 rings (SSSR count). The number of nitrogens with one attached hydrogen (secondary N) is 1. The molecule has 5 nitrogen and oxygen atoms in total.